The first-order valence-corrected chi connectivity index (χ1v) is 6.96. The maximum atomic E-state index is 13.2. The molecule has 1 aromatic carbocycles. The second-order valence-electron chi connectivity index (χ2n) is 4.89. The van der Waals surface area contributed by atoms with Crippen molar-refractivity contribution in [2.24, 2.45) is 0 Å². The van der Waals surface area contributed by atoms with Crippen LogP contribution in [-0.2, 0) is 13.0 Å². The standard InChI is InChI=1S/C14H15FN2S/c1-8(2)16-7-13-17-14-11-4-3-10(15)5-9(11)6-12(14)18-13/h3-5,8,16H,6-7H2,1-2H3. The molecule has 0 aliphatic heterocycles. The molecular formula is C14H15FN2S. The molecule has 0 atom stereocenters. The minimum atomic E-state index is -0.161. The first kappa shape index (κ1) is 11.8. The van der Waals surface area contributed by atoms with Gasteiger partial charge in [-0.15, -0.1) is 11.3 Å². The number of fused-ring (bicyclic) bond motifs is 3. The van der Waals surface area contributed by atoms with Crippen molar-refractivity contribution in [2.45, 2.75) is 32.9 Å². The summed E-state index contributed by atoms with van der Waals surface area (Å²) in [6, 6.07) is 5.44. The summed E-state index contributed by atoms with van der Waals surface area (Å²) in [6.07, 6.45) is 0.821. The third-order valence-corrected chi connectivity index (χ3v) is 4.13. The number of nitrogens with one attached hydrogen (secondary N) is 1. The van der Waals surface area contributed by atoms with Crippen LogP contribution >= 0.6 is 11.3 Å². The van der Waals surface area contributed by atoms with E-state index in [1.165, 1.54) is 10.9 Å². The van der Waals surface area contributed by atoms with Crippen molar-refractivity contribution in [3.63, 3.8) is 0 Å². The molecule has 3 rings (SSSR count). The molecule has 2 nitrogen and oxygen atoms in total. The van der Waals surface area contributed by atoms with E-state index in [1.54, 1.807) is 17.4 Å². The van der Waals surface area contributed by atoms with Gasteiger partial charge in [0.25, 0.3) is 0 Å². The number of hydrogen-bond acceptors (Lipinski definition) is 3. The summed E-state index contributed by atoms with van der Waals surface area (Å²) >= 11 is 1.73. The summed E-state index contributed by atoms with van der Waals surface area (Å²) in [5.74, 6) is -0.161. The summed E-state index contributed by atoms with van der Waals surface area (Å²) < 4.78 is 13.2. The maximum Gasteiger partial charge on any atom is 0.123 e. The summed E-state index contributed by atoms with van der Waals surface area (Å²) in [7, 11) is 0. The average molecular weight is 262 g/mol. The fourth-order valence-corrected chi connectivity index (χ4v) is 3.27. The van der Waals surface area contributed by atoms with Gasteiger partial charge in [-0.25, -0.2) is 9.37 Å². The Morgan fingerprint density at radius 1 is 1.44 bits per heavy atom. The molecule has 1 aliphatic carbocycles. The minimum absolute atomic E-state index is 0.161. The first-order valence-electron chi connectivity index (χ1n) is 6.14. The predicted molar refractivity (Wildman–Crippen MR) is 72.3 cm³/mol. The Balaban J connectivity index is 1.88. The quantitative estimate of drug-likeness (QED) is 0.783. The van der Waals surface area contributed by atoms with E-state index in [2.05, 4.69) is 24.1 Å². The Bertz CT molecular complexity index is 589. The lowest BCUT2D eigenvalue weighted by Gasteiger charge is -2.05. The van der Waals surface area contributed by atoms with Crippen molar-refractivity contribution < 1.29 is 4.39 Å². The number of benzene rings is 1. The number of halogens is 1. The summed E-state index contributed by atoms with van der Waals surface area (Å²) in [5, 5.41) is 4.49. The van der Waals surface area contributed by atoms with E-state index in [0.29, 0.717) is 6.04 Å². The molecule has 1 aromatic heterocycles. The van der Waals surface area contributed by atoms with Crippen LogP contribution in [0.3, 0.4) is 0 Å². The van der Waals surface area contributed by atoms with Crippen LogP contribution in [0.4, 0.5) is 4.39 Å². The monoisotopic (exact) mass is 262 g/mol. The van der Waals surface area contributed by atoms with Gasteiger partial charge in [-0.2, -0.15) is 0 Å². The summed E-state index contributed by atoms with van der Waals surface area (Å²) in [5.41, 5.74) is 3.21. The van der Waals surface area contributed by atoms with E-state index in [9.17, 15) is 4.39 Å². The van der Waals surface area contributed by atoms with Crippen molar-refractivity contribution in [3.8, 4) is 11.3 Å². The molecule has 0 spiro atoms. The van der Waals surface area contributed by atoms with Gasteiger partial charge >= 0.3 is 0 Å². The molecule has 18 heavy (non-hydrogen) atoms. The van der Waals surface area contributed by atoms with Crippen LogP contribution < -0.4 is 5.32 Å². The number of rotatable bonds is 3. The normalized spacial score (nSPS) is 12.9. The highest BCUT2D eigenvalue weighted by molar-refractivity contribution is 7.12. The van der Waals surface area contributed by atoms with Crippen molar-refractivity contribution in [3.05, 3.63) is 39.5 Å². The molecule has 0 saturated heterocycles. The zero-order valence-electron chi connectivity index (χ0n) is 10.5. The summed E-state index contributed by atoms with van der Waals surface area (Å²) in [4.78, 5) is 5.93. The van der Waals surface area contributed by atoms with Gasteiger partial charge in [-0.05, 0) is 23.8 Å². The van der Waals surface area contributed by atoms with E-state index in [1.807, 2.05) is 6.07 Å². The molecule has 0 saturated carbocycles. The predicted octanol–water partition coefficient (Wildman–Crippen LogP) is 3.35. The SMILES string of the molecule is CC(C)NCc1nc2c(s1)Cc1cc(F)ccc1-2. The average Bonchev–Trinajstić information content (AvgIpc) is 2.82. The maximum absolute atomic E-state index is 13.2. The van der Waals surface area contributed by atoms with Gasteiger partial charge in [-0.3, -0.25) is 0 Å². The zero-order chi connectivity index (χ0) is 12.7. The molecule has 1 N–H and O–H groups in total. The van der Waals surface area contributed by atoms with Crippen LogP contribution in [0.5, 0.6) is 0 Å². The topological polar surface area (TPSA) is 24.9 Å². The Morgan fingerprint density at radius 2 is 2.28 bits per heavy atom. The molecular weight excluding hydrogens is 247 g/mol. The van der Waals surface area contributed by atoms with Crippen LogP contribution in [0, 0.1) is 5.82 Å². The van der Waals surface area contributed by atoms with E-state index in [-0.39, 0.29) is 5.82 Å². The largest absolute Gasteiger partial charge is 0.308 e. The molecule has 94 valence electrons. The van der Waals surface area contributed by atoms with E-state index in [4.69, 9.17) is 0 Å². The van der Waals surface area contributed by atoms with E-state index >= 15 is 0 Å². The number of hydrogen-bond donors (Lipinski definition) is 1. The molecule has 0 unspecified atom stereocenters. The third kappa shape index (κ3) is 2.06. The Kier molecular flexibility index (Phi) is 2.92. The lowest BCUT2D eigenvalue weighted by atomic mass is 10.1. The zero-order valence-corrected chi connectivity index (χ0v) is 11.3. The highest BCUT2D eigenvalue weighted by atomic mass is 32.1. The van der Waals surface area contributed by atoms with Crippen LogP contribution in [0.15, 0.2) is 18.2 Å². The highest BCUT2D eigenvalue weighted by Crippen LogP contribution is 2.39. The number of thiazole rings is 1. The van der Waals surface area contributed by atoms with Crippen molar-refractivity contribution in [1.29, 1.82) is 0 Å². The Hall–Kier alpha value is -1.26. The van der Waals surface area contributed by atoms with Crippen LogP contribution in [0.2, 0.25) is 0 Å². The van der Waals surface area contributed by atoms with Gasteiger partial charge in [-0.1, -0.05) is 13.8 Å². The second kappa shape index (κ2) is 4.44. The second-order valence-corrected chi connectivity index (χ2v) is 6.06. The lowest BCUT2D eigenvalue weighted by molar-refractivity contribution is 0.587. The molecule has 0 amide bonds. The fourth-order valence-electron chi connectivity index (χ4n) is 2.21. The van der Waals surface area contributed by atoms with Gasteiger partial charge in [0.2, 0.25) is 0 Å². The van der Waals surface area contributed by atoms with Gasteiger partial charge < -0.3 is 5.32 Å². The van der Waals surface area contributed by atoms with Gasteiger partial charge in [0.05, 0.1) is 5.69 Å². The van der Waals surface area contributed by atoms with Crippen molar-refractivity contribution in [1.82, 2.24) is 10.3 Å². The minimum Gasteiger partial charge on any atom is -0.308 e. The molecule has 0 fully saturated rings. The molecule has 1 aliphatic rings. The molecule has 4 heteroatoms. The highest BCUT2D eigenvalue weighted by Gasteiger charge is 2.23. The number of aromatic nitrogens is 1. The fraction of sp³-hybridized carbons (Fsp3) is 0.357. The van der Waals surface area contributed by atoms with Crippen LogP contribution in [-0.4, -0.2) is 11.0 Å². The van der Waals surface area contributed by atoms with Crippen LogP contribution in [0.1, 0.15) is 29.3 Å². The third-order valence-electron chi connectivity index (χ3n) is 3.08. The van der Waals surface area contributed by atoms with E-state index < -0.39 is 0 Å². The van der Waals surface area contributed by atoms with Crippen molar-refractivity contribution in [2.75, 3.05) is 0 Å². The lowest BCUT2D eigenvalue weighted by Crippen LogP contribution is -2.21. The van der Waals surface area contributed by atoms with E-state index in [0.717, 1.165) is 34.8 Å². The van der Waals surface area contributed by atoms with Gasteiger partial charge in [0, 0.05) is 29.4 Å². The first-order chi connectivity index (χ1) is 8.63. The van der Waals surface area contributed by atoms with Gasteiger partial charge in [0.15, 0.2) is 0 Å². The van der Waals surface area contributed by atoms with Crippen LogP contribution in [0.25, 0.3) is 11.3 Å². The van der Waals surface area contributed by atoms with Gasteiger partial charge in [0.1, 0.15) is 10.8 Å². The number of nitrogens with zero attached hydrogens (tertiary/aromatic N) is 1. The molecule has 0 radical (unpaired) electrons. The molecule has 1 heterocycles. The van der Waals surface area contributed by atoms with Crippen molar-refractivity contribution >= 4 is 11.3 Å². The molecule has 2 aromatic rings. The Labute approximate surface area is 110 Å². The Morgan fingerprint density at radius 3 is 3.06 bits per heavy atom. The molecule has 0 bridgehead atoms. The summed E-state index contributed by atoms with van der Waals surface area (Å²) in [6.45, 7) is 5.06. The smallest absolute Gasteiger partial charge is 0.123 e.